The van der Waals surface area contributed by atoms with Crippen molar-refractivity contribution in [1.82, 2.24) is 4.72 Å². The van der Waals surface area contributed by atoms with E-state index in [4.69, 9.17) is 22.7 Å². The summed E-state index contributed by atoms with van der Waals surface area (Å²) >= 11 is 5.95. The average molecular weight is 433 g/mol. The standard InChI is InChI=1S/C20H21ClN4O3S/c21-16-5-1-15-10-19(8-4-14(15)9-16)29(27,28)25-12-18(26)11-24-17-6-2-13(3-7-17)20(22)23/h1-10,18,24-26H,11-12H2,(H3,22,23). The normalized spacial score (nSPS) is 12.6. The van der Waals surface area contributed by atoms with Crippen LogP contribution >= 0.6 is 11.6 Å². The van der Waals surface area contributed by atoms with Crippen molar-refractivity contribution in [2.24, 2.45) is 5.73 Å². The lowest BCUT2D eigenvalue weighted by Crippen LogP contribution is -2.35. The van der Waals surface area contributed by atoms with Crippen molar-refractivity contribution < 1.29 is 13.5 Å². The van der Waals surface area contributed by atoms with Gasteiger partial charge >= 0.3 is 0 Å². The minimum Gasteiger partial charge on any atom is -0.390 e. The second kappa shape index (κ2) is 8.79. The fraction of sp³-hybridized carbons (Fsp3) is 0.150. The van der Waals surface area contributed by atoms with Gasteiger partial charge in [-0.25, -0.2) is 13.1 Å². The fourth-order valence-electron chi connectivity index (χ4n) is 2.73. The number of rotatable bonds is 8. The molecule has 29 heavy (non-hydrogen) atoms. The maximum Gasteiger partial charge on any atom is 0.240 e. The first-order chi connectivity index (χ1) is 13.7. The summed E-state index contributed by atoms with van der Waals surface area (Å²) in [5.41, 5.74) is 6.73. The number of anilines is 1. The number of sulfonamides is 1. The Labute approximate surface area is 174 Å². The molecule has 0 spiro atoms. The van der Waals surface area contributed by atoms with Gasteiger partial charge in [-0.3, -0.25) is 5.41 Å². The summed E-state index contributed by atoms with van der Waals surface area (Å²) in [4.78, 5) is 0.118. The molecule has 0 bridgehead atoms. The lowest BCUT2D eigenvalue weighted by atomic mass is 10.1. The molecule has 9 heteroatoms. The first kappa shape index (κ1) is 21.1. The quantitative estimate of drug-likeness (QED) is 0.276. The molecule has 3 rings (SSSR count). The van der Waals surface area contributed by atoms with Crippen molar-refractivity contribution in [1.29, 1.82) is 5.41 Å². The van der Waals surface area contributed by atoms with Crippen molar-refractivity contribution in [3.63, 3.8) is 0 Å². The molecule has 6 N–H and O–H groups in total. The Balaban J connectivity index is 1.58. The number of aliphatic hydroxyl groups is 1. The van der Waals surface area contributed by atoms with Crippen LogP contribution in [0.3, 0.4) is 0 Å². The number of nitrogen functional groups attached to an aromatic ring is 1. The van der Waals surface area contributed by atoms with Crippen LogP contribution in [-0.2, 0) is 10.0 Å². The van der Waals surface area contributed by atoms with Crippen LogP contribution in [0.2, 0.25) is 5.02 Å². The van der Waals surface area contributed by atoms with Crippen molar-refractivity contribution in [2.45, 2.75) is 11.0 Å². The van der Waals surface area contributed by atoms with Crippen LogP contribution in [0.1, 0.15) is 5.56 Å². The number of amidine groups is 1. The summed E-state index contributed by atoms with van der Waals surface area (Å²) in [6.07, 6.45) is -0.934. The molecule has 0 radical (unpaired) electrons. The molecular weight excluding hydrogens is 412 g/mol. The van der Waals surface area contributed by atoms with Crippen molar-refractivity contribution in [2.75, 3.05) is 18.4 Å². The van der Waals surface area contributed by atoms with Gasteiger partial charge in [0.1, 0.15) is 5.84 Å². The molecule has 152 valence electrons. The fourth-order valence-corrected chi connectivity index (χ4v) is 4.01. The van der Waals surface area contributed by atoms with Gasteiger partial charge in [-0.1, -0.05) is 23.7 Å². The maximum atomic E-state index is 12.5. The average Bonchev–Trinajstić information content (AvgIpc) is 2.70. The molecule has 1 atom stereocenters. The Bertz CT molecular complexity index is 1130. The minimum absolute atomic E-state index is 0.0252. The molecule has 3 aromatic carbocycles. The number of nitrogens with two attached hydrogens (primary N) is 1. The van der Waals surface area contributed by atoms with E-state index in [1.165, 1.54) is 6.07 Å². The maximum absolute atomic E-state index is 12.5. The highest BCUT2D eigenvalue weighted by atomic mass is 35.5. The highest BCUT2D eigenvalue weighted by Gasteiger charge is 2.16. The summed E-state index contributed by atoms with van der Waals surface area (Å²) in [7, 11) is -3.76. The highest BCUT2D eigenvalue weighted by molar-refractivity contribution is 7.89. The lowest BCUT2D eigenvalue weighted by molar-refractivity contribution is 0.191. The van der Waals surface area contributed by atoms with Gasteiger partial charge in [0, 0.05) is 29.4 Å². The smallest absolute Gasteiger partial charge is 0.240 e. The SMILES string of the molecule is N=C(N)c1ccc(NCC(O)CNS(=O)(=O)c2ccc3cc(Cl)ccc3c2)cc1. The van der Waals surface area contributed by atoms with E-state index in [1.807, 2.05) is 0 Å². The summed E-state index contributed by atoms with van der Waals surface area (Å²) in [6, 6.07) is 16.8. The van der Waals surface area contributed by atoms with E-state index in [0.717, 1.165) is 16.5 Å². The van der Waals surface area contributed by atoms with Gasteiger partial charge in [0.25, 0.3) is 0 Å². The van der Waals surface area contributed by atoms with E-state index in [9.17, 15) is 13.5 Å². The van der Waals surface area contributed by atoms with Gasteiger partial charge in [-0.2, -0.15) is 0 Å². The van der Waals surface area contributed by atoms with Gasteiger partial charge in [-0.15, -0.1) is 0 Å². The van der Waals surface area contributed by atoms with Crippen LogP contribution < -0.4 is 15.8 Å². The monoisotopic (exact) mass is 432 g/mol. The molecular formula is C20H21ClN4O3S. The number of hydrogen-bond donors (Lipinski definition) is 5. The van der Waals surface area contributed by atoms with E-state index < -0.39 is 16.1 Å². The molecule has 0 saturated carbocycles. The van der Waals surface area contributed by atoms with E-state index in [1.54, 1.807) is 54.6 Å². The Morgan fingerprint density at radius 1 is 1.03 bits per heavy atom. The third-order valence-electron chi connectivity index (χ3n) is 4.33. The van der Waals surface area contributed by atoms with Crippen LogP contribution in [-0.4, -0.2) is 38.6 Å². The molecule has 0 saturated heterocycles. The molecule has 0 aliphatic heterocycles. The molecule has 0 aliphatic carbocycles. The Morgan fingerprint density at radius 3 is 2.38 bits per heavy atom. The van der Waals surface area contributed by atoms with Crippen molar-refractivity contribution in [3.8, 4) is 0 Å². The van der Waals surface area contributed by atoms with Crippen LogP contribution in [0.5, 0.6) is 0 Å². The number of halogens is 1. The lowest BCUT2D eigenvalue weighted by Gasteiger charge is -2.14. The number of fused-ring (bicyclic) bond motifs is 1. The Kier molecular flexibility index (Phi) is 6.39. The largest absolute Gasteiger partial charge is 0.390 e. The third kappa shape index (κ3) is 5.45. The van der Waals surface area contributed by atoms with E-state index in [-0.39, 0.29) is 23.8 Å². The summed E-state index contributed by atoms with van der Waals surface area (Å²) in [5, 5.41) is 22.7. The molecule has 0 aliphatic rings. The second-order valence-electron chi connectivity index (χ2n) is 6.53. The van der Waals surface area contributed by atoms with Crippen LogP contribution in [0.15, 0.2) is 65.6 Å². The van der Waals surface area contributed by atoms with Crippen LogP contribution in [0, 0.1) is 5.41 Å². The minimum atomic E-state index is -3.76. The van der Waals surface area contributed by atoms with Gasteiger partial charge in [0.15, 0.2) is 0 Å². The highest BCUT2D eigenvalue weighted by Crippen LogP contribution is 2.22. The van der Waals surface area contributed by atoms with E-state index in [2.05, 4.69) is 10.0 Å². The summed E-state index contributed by atoms with van der Waals surface area (Å²) in [6.45, 7) is 0.0116. The van der Waals surface area contributed by atoms with E-state index >= 15 is 0 Å². The number of benzene rings is 3. The predicted octanol–water partition coefficient (Wildman–Crippen LogP) is 2.53. The molecule has 0 amide bonds. The molecule has 1 unspecified atom stereocenters. The number of aliphatic hydroxyl groups excluding tert-OH is 1. The second-order valence-corrected chi connectivity index (χ2v) is 8.73. The first-order valence-corrected chi connectivity index (χ1v) is 10.7. The van der Waals surface area contributed by atoms with Crippen LogP contribution in [0.25, 0.3) is 10.8 Å². The van der Waals surface area contributed by atoms with Crippen molar-refractivity contribution in [3.05, 3.63) is 71.2 Å². The number of hydrogen-bond acceptors (Lipinski definition) is 5. The topological polar surface area (TPSA) is 128 Å². The van der Waals surface area contributed by atoms with E-state index in [0.29, 0.717) is 10.6 Å². The zero-order valence-electron chi connectivity index (χ0n) is 15.4. The zero-order chi connectivity index (χ0) is 21.0. The van der Waals surface area contributed by atoms with Gasteiger partial charge in [0.05, 0.1) is 11.0 Å². The zero-order valence-corrected chi connectivity index (χ0v) is 17.0. The first-order valence-electron chi connectivity index (χ1n) is 8.80. The molecule has 3 aromatic rings. The molecule has 0 heterocycles. The molecule has 7 nitrogen and oxygen atoms in total. The van der Waals surface area contributed by atoms with Gasteiger partial charge in [-0.05, 0) is 59.3 Å². The molecule has 0 fully saturated rings. The Morgan fingerprint density at radius 2 is 1.69 bits per heavy atom. The van der Waals surface area contributed by atoms with Crippen molar-refractivity contribution >= 4 is 43.9 Å². The summed E-state index contributed by atoms with van der Waals surface area (Å²) in [5.74, 6) is -0.0252. The van der Waals surface area contributed by atoms with Gasteiger partial charge < -0.3 is 16.2 Å². The van der Waals surface area contributed by atoms with Crippen LogP contribution in [0.4, 0.5) is 5.69 Å². The number of nitrogens with one attached hydrogen (secondary N) is 3. The molecule has 0 aromatic heterocycles. The Hall–Kier alpha value is -2.65. The van der Waals surface area contributed by atoms with Gasteiger partial charge in [0.2, 0.25) is 10.0 Å². The third-order valence-corrected chi connectivity index (χ3v) is 5.99. The summed E-state index contributed by atoms with van der Waals surface area (Å²) < 4.78 is 27.5. The predicted molar refractivity (Wildman–Crippen MR) is 116 cm³/mol.